The first-order valence-corrected chi connectivity index (χ1v) is 8.59. The average molecular weight is 349 g/mol. The van der Waals surface area contributed by atoms with Crippen molar-refractivity contribution < 1.29 is 26.3 Å². The van der Waals surface area contributed by atoms with Crippen LogP contribution >= 0.6 is 10.7 Å². The molecule has 0 radical (unpaired) electrons. The van der Waals surface area contributed by atoms with Crippen molar-refractivity contribution in [3.63, 3.8) is 0 Å². The fourth-order valence-electron chi connectivity index (χ4n) is 1.69. The van der Waals surface area contributed by atoms with Gasteiger partial charge in [0.05, 0.1) is 0 Å². The van der Waals surface area contributed by atoms with Crippen LogP contribution in [0.3, 0.4) is 0 Å². The van der Waals surface area contributed by atoms with Gasteiger partial charge in [-0.15, -0.1) is 0 Å². The van der Waals surface area contributed by atoms with Gasteiger partial charge in [-0.05, 0) is 12.8 Å². The highest BCUT2D eigenvalue weighted by atomic mass is 35.7. The second-order valence-electron chi connectivity index (χ2n) is 4.40. The minimum Gasteiger partial charge on any atom is -0.372 e. The maximum atomic E-state index is 11.9. The summed E-state index contributed by atoms with van der Waals surface area (Å²) in [6.07, 6.45) is -1.44. The Hall–Kier alpha value is -0.800. The molecule has 1 rings (SSSR count). The van der Waals surface area contributed by atoms with E-state index in [1.54, 1.807) is 4.57 Å². The molecular weight excluding hydrogens is 333 g/mol. The predicted octanol–water partition coefficient (Wildman–Crippen LogP) is 2.73. The third-order valence-electron chi connectivity index (χ3n) is 2.51. The van der Waals surface area contributed by atoms with E-state index in [0.717, 1.165) is 6.42 Å². The molecule has 0 N–H and O–H groups in total. The Morgan fingerprint density at radius 3 is 2.62 bits per heavy atom. The Kier molecular flexibility index (Phi) is 6.48. The van der Waals surface area contributed by atoms with Crippen LogP contribution in [0, 0.1) is 0 Å². The molecule has 0 saturated carbocycles. The number of hydrogen-bond donors (Lipinski definition) is 0. The molecule has 0 saturated heterocycles. The number of halogens is 4. The van der Waals surface area contributed by atoms with E-state index in [1.165, 1.54) is 6.20 Å². The summed E-state index contributed by atoms with van der Waals surface area (Å²) in [6.45, 7) is 0.846. The molecule has 1 aromatic rings. The van der Waals surface area contributed by atoms with Gasteiger partial charge in [0, 0.05) is 36.5 Å². The number of aryl methyl sites for hydroxylation is 2. The van der Waals surface area contributed by atoms with Crippen molar-refractivity contribution >= 4 is 19.7 Å². The molecule has 0 bridgehead atoms. The van der Waals surface area contributed by atoms with E-state index in [0.29, 0.717) is 25.2 Å². The molecule has 1 aromatic heterocycles. The van der Waals surface area contributed by atoms with Crippen molar-refractivity contribution in [3.05, 3.63) is 12.0 Å². The molecule has 5 nitrogen and oxygen atoms in total. The van der Waals surface area contributed by atoms with Crippen LogP contribution in [0.25, 0.3) is 0 Å². The largest absolute Gasteiger partial charge is 0.411 e. The van der Waals surface area contributed by atoms with Gasteiger partial charge in [0.2, 0.25) is 0 Å². The van der Waals surface area contributed by atoms with E-state index in [1.807, 2.05) is 6.92 Å². The lowest BCUT2D eigenvalue weighted by molar-refractivity contribution is -0.174. The topological polar surface area (TPSA) is 61.2 Å². The average Bonchev–Trinajstić information content (AvgIpc) is 2.71. The zero-order chi connectivity index (χ0) is 16.1. The second kappa shape index (κ2) is 7.46. The number of aromatic nitrogens is 2. The summed E-state index contributed by atoms with van der Waals surface area (Å²) in [4.78, 5) is 3.93. The van der Waals surface area contributed by atoms with Crippen molar-refractivity contribution in [1.82, 2.24) is 9.55 Å². The van der Waals surface area contributed by atoms with E-state index in [9.17, 15) is 21.6 Å². The fraction of sp³-hybridized carbons (Fsp3) is 0.727. The lowest BCUT2D eigenvalue weighted by Crippen LogP contribution is -2.18. The Bertz CT molecular complexity index is 558. The minimum absolute atomic E-state index is 0.0772. The third-order valence-corrected chi connectivity index (χ3v) is 3.68. The van der Waals surface area contributed by atoms with Crippen molar-refractivity contribution in [2.45, 2.75) is 43.9 Å². The molecule has 0 aromatic carbocycles. The van der Waals surface area contributed by atoms with Gasteiger partial charge in [-0.25, -0.2) is 13.4 Å². The molecule has 0 spiro atoms. The van der Waals surface area contributed by atoms with Crippen LogP contribution < -0.4 is 0 Å². The molecule has 10 heteroatoms. The molecular formula is C11H16ClF3N2O3S. The zero-order valence-electron chi connectivity index (χ0n) is 11.4. The molecule has 0 fully saturated rings. The van der Waals surface area contributed by atoms with Gasteiger partial charge in [0.25, 0.3) is 9.05 Å². The number of alkyl halides is 3. The summed E-state index contributed by atoms with van der Waals surface area (Å²) < 4.78 is 64.2. The van der Waals surface area contributed by atoms with Crippen molar-refractivity contribution in [2.75, 3.05) is 13.2 Å². The maximum absolute atomic E-state index is 11.9. The number of hydrogen-bond acceptors (Lipinski definition) is 4. The molecule has 0 amide bonds. The minimum atomic E-state index is -4.34. The van der Waals surface area contributed by atoms with Gasteiger partial charge in [-0.3, -0.25) is 0 Å². The first kappa shape index (κ1) is 18.2. The number of rotatable bonds is 8. The summed E-state index contributed by atoms with van der Waals surface area (Å²) in [5, 5.41) is -0.246. The Balaban J connectivity index is 2.59. The van der Waals surface area contributed by atoms with E-state index in [2.05, 4.69) is 9.72 Å². The van der Waals surface area contributed by atoms with Gasteiger partial charge in [-0.2, -0.15) is 13.2 Å². The smallest absolute Gasteiger partial charge is 0.372 e. The van der Waals surface area contributed by atoms with Crippen LogP contribution in [0.4, 0.5) is 13.2 Å². The molecule has 0 aliphatic carbocycles. The van der Waals surface area contributed by atoms with Crippen LogP contribution in [-0.2, 0) is 26.8 Å². The molecule has 0 unspecified atom stereocenters. The van der Waals surface area contributed by atoms with Gasteiger partial charge in [0.1, 0.15) is 12.4 Å². The van der Waals surface area contributed by atoms with Crippen LogP contribution in [-0.4, -0.2) is 37.4 Å². The predicted molar refractivity (Wildman–Crippen MR) is 70.8 cm³/mol. The SMILES string of the molecule is CCCc1nc(S(=O)(=O)Cl)cn1CCCOCC(F)(F)F. The molecule has 21 heavy (non-hydrogen) atoms. The molecule has 0 aliphatic rings. The van der Waals surface area contributed by atoms with Gasteiger partial charge in [-0.1, -0.05) is 6.92 Å². The summed E-state index contributed by atoms with van der Waals surface area (Å²) in [6, 6.07) is 0. The first-order valence-electron chi connectivity index (χ1n) is 6.28. The standard InChI is InChI=1S/C11H16ClF3N2O3S/c1-2-4-9-16-10(21(12,18)19)7-17(9)5-3-6-20-8-11(13,14)15/h7H,2-6,8H2,1H3. The van der Waals surface area contributed by atoms with Crippen molar-refractivity contribution in [3.8, 4) is 0 Å². The molecule has 0 aliphatic heterocycles. The van der Waals surface area contributed by atoms with Gasteiger partial charge < -0.3 is 9.30 Å². The van der Waals surface area contributed by atoms with Crippen LogP contribution in [0.1, 0.15) is 25.6 Å². The Morgan fingerprint density at radius 2 is 2.10 bits per heavy atom. The third kappa shape index (κ3) is 6.66. The van der Waals surface area contributed by atoms with Crippen LogP contribution in [0.5, 0.6) is 0 Å². The summed E-state index contributed by atoms with van der Waals surface area (Å²) >= 11 is 0. The Labute approximate surface area is 125 Å². The summed E-state index contributed by atoms with van der Waals surface area (Å²) in [5.41, 5.74) is 0. The molecule has 1 heterocycles. The van der Waals surface area contributed by atoms with E-state index >= 15 is 0 Å². The summed E-state index contributed by atoms with van der Waals surface area (Å²) in [7, 11) is 1.31. The van der Waals surface area contributed by atoms with Crippen molar-refractivity contribution in [2.24, 2.45) is 0 Å². The maximum Gasteiger partial charge on any atom is 0.411 e. The van der Waals surface area contributed by atoms with Gasteiger partial charge >= 0.3 is 6.18 Å². The zero-order valence-corrected chi connectivity index (χ0v) is 12.9. The summed E-state index contributed by atoms with van der Waals surface area (Å²) in [5.74, 6) is 0.535. The highest BCUT2D eigenvalue weighted by Gasteiger charge is 2.27. The lowest BCUT2D eigenvalue weighted by atomic mass is 10.3. The highest BCUT2D eigenvalue weighted by molar-refractivity contribution is 8.13. The van der Waals surface area contributed by atoms with Crippen molar-refractivity contribution in [1.29, 1.82) is 0 Å². The lowest BCUT2D eigenvalue weighted by Gasteiger charge is -2.09. The normalized spacial score (nSPS) is 12.8. The molecule has 0 atom stereocenters. The number of ether oxygens (including phenoxy) is 1. The first-order chi connectivity index (χ1) is 9.63. The second-order valence-corrected chi connectivity index (χ2v) is 6.91. The van der Waals surface area contributed by atoms with E-state index < -0.39 is 21.8 Å². The monoisotopic (exact) mass is 348 g/mol. The number of imidazole rings is 1. The number of nitrogens with zero attached hydrogens (tertiary/aromatic N) is 2. The quantitative estimate of drug-likeness (QED) is 0.535. The van der Waals surface area contributed by atoms with Gasteiger partial charge in [0.15, 0.2) is 5.03 Å². The van der Waals surface area contributed by atoms with E-state index in [-0.39, 0.29) is 11.6 Å². The molecule has 122 valence electrons. The highest BCUT2D eigenvalue weighted by Crippen LogP contribution is 2.17. The fourth-order valence-corrected chi connectivity index (χ4v) is 2.38. The Morgan fingerprint density at radius 1 is 1.43 bits per heavy atom. The van der Waals surface area contributed by atoms with Crippen LogP contribution in [0.2, 0.25) is 0 Å². The van der Waals surface area contributed by atoms with Crippen LogP contribution in [0.15, 0.2) is 11.2 Å². The van der Waals surface area contributed by atoms with E-state index in [4.69, 9.17) is 10.7 Å².